The third-order valence-electron chi connectivity index (χ3n) is 4.15. The lowest BCUT2D eigenvalue weighted by Gasteiger charge is -2.17. The molecule has 0 amide bonds. The molecule has 3 rings (SSSR count). The molecule has 17 heavy (non-hydrogen) atoms. The fraction of sp³-hybridized carbons (Fsp3) is 0.538. The molecule has 0 radical (unpaired) electrons. The number of hydrogen-bond acceptors (Lipinski definition) is 1. The van der Waals surface area contributed by atoms with E-state index in [-0.39, 0.29) is 5.41 Å². The van der Waals surface area contributed by atoms with Crippen molar-refractivity contribution in [1.29, 1.82) is 0 Å². The summed E-state index contributed by atoms with van der Waals surface area (Å²) >= 11 is 0. The van der Waals surface area contributed by atoms with Crippen LogP contribution < -0.4 is 5.32 Å². The normalized spacial score (nSPS) is 31.4. The number of hydrogen-bond donors (Lipinski definition) is 1. The highest BCUT2D eigenvalue weighted by Crippen LogP contribution is 2.57. The third-order valence-corrected chi connectivity index (χ3v) is 4.15. The molecule has 0 unspecified atom stereocenters. The van der Waals surface area contributed by atoms with E-state index in [2.05, 4.69) is 5.32 Å². The maximum Gasteiger partial charge on any atom is 0.416 e. The van der Waals surface area contributed by atoms with E-state index in [9.17, 15) is 13.2 Å². The molecule has 1 aliphatic carbocycles. The molecule has 1 heterocycles. The molecule has 0 aromatic heterocycles. The predicted molar refractivity (Wildman–Crippen MR) is 58.8 cm³/mol. The van der Waals surface area contributed by atoms with Crippen molar-refractivity contribution in [3.63, 3.8) is 0 Å². The lowest BCUT2D eigenvalue weighted by molar-refractivity contribution is -0.137. The number of fused-ring (bicyclic) bond motifs is 1. The Bertz CT molecular complexity index is 466. The molecule has 1 aromatic rings. The largest absolute Gasteiger partial charge is 0.416 e. The molecule has 1 saturated heterocycles. The summed E-state index contributed by atoms with van der Waals surface area (Å²) in [7, 11) is 0. The van der Waals surface area contributed by atoms with Gasteiger partial charge >= 0.3 is 6.18 Å². The van der Waals surface area contributed by atoms with Gasteiger partial charge in [-0.05, 0) is 49.1 Å². The van der Waals surface area contributed by atoms with Crippen LogP contribution in [0.4, 0.5) is 13.2 Å². The first-order chi connectivity index (χ1) is 7.93. The predicted octanol–water partition coefficient (Wildman–Crippen LogP) is 2.87. The number of piperidine rings is 1. The average molecular weight is 241 g/mol. The molecular weight excluding hydrogens is 227 g/mol. The molecule has 1 aromatic carbocycles. The van der Waals surface area contributed by atoms with Crippen molar-refractivity contribution in [2.45, 2.75) is 24.9 Å². The smallest absolute Gasteiger partial charge is 0.316 e. The van der Waals surface area contributed by atoms with Crippen LogP contribution in [0.2, 0.25) is 0 Å². The van der Waals surface area contributed by atoms with Gasteiger partial charge in [0.05, 0.1) is 5.56 Å². The van der Waals surface area contributed by atoms with E-state index in [0.29, 0.717) is 5.92 Å². The molecule has 2 aliphatic rings. The summed E-state index contributed by atoms with van der Waals surface area (Å²) in [5.41, 5.74) is 1.46. The standard InChI is InChI=1S/C13H14F3N/c1-8-4-9(13(14,15)16)2-3-11(8)12-5-10(12)6-17-7-12/h2-4,10,17H,5-7H2,1H3/t10-,12+/m1/s1. The highest BCUT2D eigenvalue weighted by Gasteiger charge is 2.58. The van der Waals surface area contributed by atoms with Gasteiger partial charge in [0.25, 0.3) is 0 Å². The topological polar surface area (TPSA) is 12.0 Å². The van der Waals surface area contributed by atoms with Crippen LogP contribution in [0.25, 0.3) is 0 Å². The number of nitrogens with one attached hydrogen (secondary N) is 1. The monoisotopic (exact) mass is 241 g/mol. The molecule has 1 nitrogen and oxygen atoms in total. The molecule has 1 aliphatic heterocycles. The number of rotatable bonds is 1. The summed E-state index contributed by atoms with van der Waals surface area (Å²) in [6.45, 7) is 3.69. The van der Waals surface area contributed by atoms with Gasteiger partial charge in [0.1, 0.15) is 0 Å². The quantitative estimate of drug-likeness (QED) is 0.797. The first-order valence-electron chi connectivity index (χ1n) is 5.82. The minimum absolute atomic E-state index is 0.133. The van der Waals surface area contributed by atoms with Gasteiger partial charge in [-0.15, -0.1) is 0 Å². The van der Waals surface area contributed by atoms with Crippen LogP contribution in [0.15, 0.2) is 18.2 Å². The van der Waals surface area contributed by atoms with Crippen LogP contribution in [-0.4, -0.2) is 13.1 Å². The van der Waals surface area contributed by atoms with E-state index in [1.807, 2.05) is 0 Å². The van der Waals surface area contributed by atoms with E-state index in [0.717, 1.165) is 30.6 Å². The fourth-order valence-corrected chi connectivity index (χ4v) is 3.16. The highest BCUT2D eigenvalue weighted by molar-refractivity contribution is 5.44. The van der Waals surface area contributed by atoms with Gasteiger partial charge in [-0.2, -0.15) is 13.2 Å². The average Bonchev–Trinajstić information content (AvgIpc) is 2.80. The minimum atomic E-state index is -4.24. The van der Waals surface area contributed by atoms with Crippen LogP contribution in [0.3, 0.4) is 0 Å². The first-order valence-corrected chi connectivity index (χ1v) is 5.82. The number of alkyl halides is 3. The fourth-order valence-electron chi connectivity index (χ4n) is 3.16. The Kier molecular flexibility index (Phi) is 2.12. The Hall–Kier alpha value is -1.03. The van der Waals surface area contributed by atoms with Gasteiger partial charge in [-0.1, -0.05) is 6.07 Å². The Morgan fingerprint density at radius 3 is 2.59 bits per heavy atom. The van der Waals surface area contributed by atoms with E-state index in [4.69, 9.17) is 0 Å². The molecule has 2 atom stereocenters. The van der Waals surface area contributed by atoms with Crippen LogP contribution in [0.5, 0.6) is 0 Å². The van der Waals surface area contributed by atoms with Crippen molar-refractivity contribution in [3.8, 4) is 0 Å². The zero-order valence-corrected chi connectivity index (χ0v) is 9.56. The van der Waals surface area contributed by atoms with Gasteiger partial charge in [0, 0.05) is 12.0 Å². The molecule has 0 bridgehead atoms. The van der Waals surface area contributed by atoms with Gasteiger partial charge < -0.3 is 5.32 Å². The van der Waals surface area contributed by atoms with Crippen molar-refractivity contribution >= 4 is 0 Å². The molecule has 1 N–H and O–H groups in total. The number of aryl methyl sites for hydroxylation is 1. The summed E-state index contributed by atoms with van der Waals surface area (Å²) in [5, 5.41) is 3.31. The summed E-state index contributed by atoms with van der Waals surface area (Å²) in [4.78, 5) is 0. The summed E-state index contributed by atoms with van der Waals surface area (Å²) < 4.78 is 37.7. The van der Waals surface area contributed by atoms with Gasteiger partial charge in [-0.3, -0.25) is 0 Å². The Morgan fingerprint density at radius 2 is 2.12 bits per heavy atom. The van der Waals surface area contributed by atoms with Crippen LogP contribution in [-0.2, 0) is 11.6 Å². The second kappa shape index (κ2) is 3.25. The van der Waals surface area contributed by atoms with Gasteiger partial charge in [0.2, 0.25) is 0 Å². The van der Waals surface area contributed by atoms with Crippen molar-refractivity contribution in [3.05, 3.63) is 34.9 Å². The van der Waals surface area contributed by atoms with Crippen molar-refractivity contribution in [2.24, 2.45) is 5.92 Å². The van der Waals surface area contributed by atoms with E-state index >= 15 is 0 Å². The van der Waals surface area contributed by atoms with Crippen molar-refractivity contribution < 1.29 is 13.2 Å². The first kappa shape index (κ1) is 11.1. The molecule has 0 spiro atoms. The zero-order valence-electron chi connectivity index (χ0n) is 9.56. The van der Waals surface area contributed by atoms with Crippen LogP contribution in [0.1, 0.15) is 23.1 Å². The van der Waals surface area contributed by atoms with Crippen molar-refractivity contribution in [1.82, 2.24) is 5.32 Å². The van der Waals surface area contributed by atoms with Crippen LogP contribution >= 0.6 is 0 Å². The van der Waals surface area contributed by atoms with Crippen LogP contribution in [0, 0.1) is 12.8 Å². The van der Waals surface area contributed by atoms with Gasteiger partial charge in [-0.25, -0.2) is 0 Å². The number of halogens is 3. The Morgan fingerprint density at radius 1 is 1.35 bits per heavy atom. The second-order valence-corrected chi connectivity index (χ2v) is 5.22. The van der Waals surface area contributed by atoms with Gasteiger partial charge in [0.15, 0.2) is 0 Å². The number of benzene rings is 1. The molecule has 2 fully saturated rings. The second-order valence-electron chi connectivity index (χ2n) is 5.22. The Balaban J connectivity index is 1.98. The summed E-state index contributed by atoms with van der Waals surface area (Å²) in [6, 6.07) is 4.16. The maximum absolute atomic E-state index is 12.6. The van der Waals surface area contributed by atoms with E-state index < -0.39 is 11.7 Å². The van der Waals surface area contributed by atoms with E-state index in [1.54, 1.807) is 13.0 Å². The Labute approximate surface area is 98.0 Å². The lowest BCUT2D eigenvalue weighted by atomic mass is 9.90. The molecule has 92 valence electrons. The lowest BCUT2D eigenvalue weighted by Crippen LogP contribution is -2.20. The summed E-state index contributed by atoms with van der Waals surface area (Å²) in [5.74, 6) is 0.623. The summed E-state index contributed by atoms with van der Waals surface area (Å²) in [6.07, 6.45) is -3.12. The van der Waals surface area contributed by atoms with E-state index in [1.165, 1.54) is 12.1 Å². The maximum atomic E-state index is 12.6. The zero-order chi connectivity index (χ0) is 12.3. The molecular formula is C13H14F3N. The highest BCUT2D eigenvalue weighted by atomic mass is 19.4. The minimum Gasteiger partial charge on any atom is -0.316 e. The SMILES string of the molecule is Cc1cc(C(F)(F)F)ccc1[C@@]12CNC[C@H]1C2. The van der Waals surface area contributed by atoms with Crippen molar-refractivity contribution in [2.75, 3.05) is 13.1 Å². The molecule has 4 heteroatoms. The third kappa shape index (κ3) is 1.58. The molecule has 1 saturated carbocycles.